The fourth-order valence-electron chi connectivity index (χ4n) is 4.05. The number of anilines is 1. The van der Waals surface area contributed by atoms with Crippen LogP contribution in [0.4, 0.5) is 5.69 Å². The second-order valence-corrected chi connectivity index (χ2v) is 8.40. The lowest BCUT2D eigenvalue weighted by molar-refractivity contribution is 0.0931. The van der Waals surface area contributed by atoms with E-state index in [1.165, 1.54) is 11.1 Å². The van der Waals surface area contributed by atoms with Crippen LogP contribution >= 0.6 is 0 Å². The molecule has 1 heterocycles. The van der Waals surface area contributed by atoms with Crippen molar-refractivity contribution in [2.45, 2.75) is 32.9 Å². The predicted octanol–water partition coefficient (Wildman–Crippen LogP) is 4.42. The number of hydrogen-bond donors (Lipinski definition) is 2. The van der Waals surface area contributed by atoms with E-state index in [1.807, 2.05) is 31.2 Å². The number of aryl methyl sites for hydroxylation is 1. The van der Waals surface area contributed by atoms with Gasteiger partial charge in [-0.1, -0.05) is 48.5 Å². The van der Waals surface area contributed by atoms with Gasteiger partial charge in [-0.05, 0) is 61.2 Å². The van der Waals surface area contributed by atoms with E-state index in [9.17, 15) is 9.59 Å². The van der Waals surface area contributed by atoms with E-state index in [-0.39, 0.29) is 17.9 Å². The van der Waals surface area contributed by atoms with Gasteiger partial charge in [-0.2, -0.15) is 0 Å². The fourth-order valence-corrected chi connectivity index (χ4v) is 4.05. The standard InChI is InChI=1S/C27H29N3O2/c1-19-12-13-23(16-25(19)29-27(32)22-9-4-3-5-10-22)26(31)28-17-20(2)30-15-14-21-8-6-7-11-24(21)18-30/h3-13,16,20H,14-15,17-18H2,1-2H3,(H,28,31)(H,29,32)/t20-/m0/s1. The Morgan fingerprint density at radius 3 is 2.41 bits per heavy atom. The minimum Gasteiger partial charge on any atom is -0.350 e. The number of carbonyl (C=O) groups excluding carboxylic acids is 2. The third kappa shape index (κ3) is 5.06. The largest absolute Gasteiger partial charge is 0.350 e. The third-order valence-electron chi connectivity index (χ3n) is 6.13. The zero-order chi connectivity index (χ0) is 22.5. The lowest BCUT2D eigenvalue weighted by atomic mass is 9.99. The van der Waals surface area contributed by atoms with E-state index < -0.39 is 0 Å². The molecule has 0 bridgehead atoms. The monoisotopic (exact) mass is 427 g/mol. The zero-order valence-electron chi connectivity index (χ0n) is 18.6. The molecule has 3 aromatic rings. The summed E-state index contributed by atoms with van der Waals surface area (Å²) in [5, 5.41) is 5.98. The fraction of sp³-hybridized carbons (Fsp3) is 0.259. The Labute approximate surface area is 189 Å². The van der Waals surface area contributed by atoms with Crippen molar-refractivity contribution >= 4 is 17.5 Å². The third-order valence-corrected chi connectivity index (χ3v) is 6.13. The maximum atomic E-state index is 12.8. The summed E-state index contributed by atoms with van der Waals surface area (Å²) < 4.78 is 0. The summed E-state index contributed by atoms with van der Waals surface area (Å²) >= 11 is 0. The average Bonchev–Trinajstić information content (AvgIpc) is 2.83. The van der Waals surface area contributed by atoms with Crippen LogP contribution in [0.3, 0.4) is 0 Å². The van der Waals surface area contributed by atoms with Crippen LogP contribution in [-0.2, 0) is 13.0 Å². The molecule has 0 unspecified atom stereocenters. The number of benzene rings is 3. The number of hydrogen-bond acceptors (Lipinski definition) is 3. The first-order valence-electron chi connectivity index (χ1n) is 11.1. The summed E-state index contributed by atoms with van der Waals surface area (Å²) in [6.45, 7) is 6.54. The minimum absolute atomic E-state index is 0.135. The van der Waals surface area contributed by atoms with Crippen molar-refractivity contribution in [3.05, 3.63) is 101 Å². The summed E-state index contributed by atoms with van der Waals surface area (Å²) in [7, 11) is 0. The molecule has 5 heteroatoms. The minimum atomic E-state index is -0.190. The molecule has 164 valence electrons. The van der Waals surface area contributed by atoms with Crippen molar-refractivity contribution in [1.29, 1.82) is 0 Å². The molecule has 3 aromatic carbocycles. The Balaban J connectivity index is 1.36. The van der Waals surface area contributed by atoms with Gasteiger partial charge in [0.15, 0.2) is 0 Å². The van der Waals surface area contributed by atoms with Gasteiger partial charge in [-0.25, -0.2) is 0 Å². The van der Waals surface area contributed by atoms with E-state index in [0.717, 1.165) is 25.1 Å². The predicted molar refractivity (Wildman–Crippen MR) is 128 cm³/mol. The molecule has 0 radical (unpaired) electrons. The van der Waals surface area contributed by atoms with Gasteiger partial charge in [-0.15, -0.1) is 0 Å². The molecule has 2 amide bonds. The van der Waals surface area contributed by atoms with Crippen LogP contribution in [0.2, 0.25) is 0 Å². The first-order valence-corrected chi connectivity index (χ1v) is 11.1. The van der Waals surface area contributed by atoms with Crippen molar-refractivity contribution in [2.24, 2.45) is 0 Å². The summed E-state index contributed by atoms with van der Waals surface area (Å²) in [6.07, 6.45) is 1.04. The van der Waals surface area contributed by atoms with E-state index >= 15 is 0 Å². The number of rotatable bonds is 6. The second-order valence-electron chi connectivity index (χ2n) is 8.40. The normalized spacial score (nSPS) is 14.3. The average molecular weight is 428 g/mol. The van der Waals surface area contributed by atoms with Crippen molar-refractivity contribution in [3.8, 4) is 0 Å². The first-order chi connectivity index (χ1) is 15.5. The van der Waals surface area contributed by atoms with E-state index in [0.29, 0.717) is 23.4 Å². The second kappa shape index (κ2) is 9.79. The van der Waals surface area contributed by atoms with Gasteiger partial charge in [0.1, 0.15) is 0 Å². The van der Waals surface area contributed by atoms with Gasteiger partial charge >= 0.3 is 0 Å². The number of fused-ring (bicyclic) bond motifs is 1. The molecule has 0 saturated heterocycles. The van der Waals surface area contributed by atoms with Gasteiger partial charge < -0.3 is 10.6 Å². The first kappa shape index (κ1) is 21.8. The molecular weight excluding hydrogens is 398 g/mol. The summed E-state index contributed by atoms with van der Waals surface area (Å²) in [5.74, 6) is -0.324. The van der Waals surface area contributed by atoms with E-state index in [2.05, 4.69) is 46.7 Å². The van der Waals surface area contributed by atoms with Gasteiger partial charge in [-0.3, -0.25) is 14.5 Å². The topological polar surface area (TPSA) is 61.4 Å². The van der Waals surface area contributed by atoms with Crippen molar-refractivity contribution in [3.63, 3.8) is 0 Å². The molecular formula is C27H29N3O2. The maximum absolute atomic E-state index is 12.8. The molecule has 0 aromatic heterocycles. The maximum Gasteiger partial charge on any atom is 0.255 e. The van der Waals surface area contributed by atoms with Gasteiger partial charge in [0, 0.05) is 42.5 Å². The quantitative estimate of drug-likeness (QED) is 0.612. The summed E-state index contributed by atoms with van der Waals surface area (Å²) in [4.78, 5) is 27.7. The molecule has 0 aliphatic carbocycles. The molecule has 0 spiro atoms. The lowest BCUT2D eigenvalue weighted by Gasteiger charge is -2.33. The van der Waals surface area contributed by atoms with Gasteiger partial charge in [0.2, 0.25) is 0 Å². The number of nitrogens with one attached hydrogen (secondary N) is 2. The zero-order valence-corrected chi connectivity index (χ0v) is 18.6. The molecule has 5 nitrogen and oxygen atoms in total. The van der Waals surface area contributed by atoms with Crippen LogP contribution in [0.25, 0.3) is 0 Å². The highest BCUT2D eigenvalue weighted by molar-refractivity contribution is 6.05. The van der Waals surface area contributed by atoms with Crippen LogP contribution in [0.1, 0.15) is 44.3 Å². The lowest BCUT2D eigenvalue weighted by Crippen LogP contribution is -2.44. The molecule has 1 atom stereocenters. The number of amides is 2. The molecule has 4 rings (SSSR count). The Morgan fingerprint density at radius 2 is 1.62 bits per heavy atom. The van der Waals surface area contributed by atoms with Crippen LogP contribution in [-0.4, -0.2) is 35.8 Å². The van der Waals surface area contributed by atoms with Crippen molar-refractivity contribution in [2.75, 3.05) is 18.4 Å². The van der Waals surface area contributed by atoms with E-state index in [1.54, 1.807) is 24.3 Å². The molecule has 1 aliphatic heterocycles. The highest BCUT2D eigenvalue weighted by Crippen LogP contribution is 2.21. The van der Waals surface area contributed by atoms with Gasteiger partial charge in [0.25, 0.3) is 11.8 Å². The van der Waals surface area contributed by atoms with Crippen LogP contribution < -0.4 is 10.6 Å². The number of nitrogens with zero attached hydrogens (tertiary/aromatic N) is 1. The van der Waals surface area contributed by atoms with Gasteiger partial charge in [0.05, 0.1) is 0 Å². The SMILES string of the molecule is Cc1ccc(C(=O)NC[C@H](C)N2CCc3ccccc3C2)cc1NC(=O)c1ccccc1. The molecule has 0 saturated carbocycles. The molecule has 0 fully saturated rings. The highest BCUT2D eigenvalue weighted by atomic mass is 16.2. The Bertz CT molecular complexity index is 1110. The Morgan fingerprint density at radius 1 is 0.906 bits per heavy atom. The van der Waals surface area contributed by atoms with Crippen LogP contribution in [0.5, 0.6) is 0 Å². The highest BCUT2D eigenvalue weighted by Gasteiger charge is 2.21. The Kier molecular flexibility index (Phi) is 6.66. The Hall–Kier alpha value is -3.44. The van der Waals surface area contributed by atoms with Crippen LogP contribution in [0, 0.1) is 6.92 Å². The molecule has 2 N–H and O–H groups in total. The number of carbonyl (C=O) groups is 2. The molecule has 32 heavy (non-hydrogen) atoms. The summed E-state index contributed by atoms with van der Waals surface area (Å²) in [6, 6.07) is 23.3. The van der Waals surface area contributed by atoms with Crippen molar-refractivity contribution in [1.82, 2.24) is 10.2 Å². The van der Waals surface area contributed by atoms with Crippen LogP contribution in [0.15, 0.2) is 72.8 Å². The smallest absolute Gasteiger partial charge is 0.255 e. The molecule has 1 aliphatic rings. The summed E-state index contributed by atoms with van der Waals surface area (Å²) in [5.41, 5.74) is 5.46. The van der Waals surface area contributed by atoms with E-state index in [4.69, 9.17) is 0 Å². The van der Waals surface area contributed by atoms with Crippen molar-refractivity contribution < 1.29 is 9.59 Å².